The van der Waals surface area contributed by atoms with Crippen LogP contribution in [0.4, 0.5) is 0 Å². The number of nitrogens with zero attached hydrogens (tertiary/aromatic N) is 1. The van der Waals surface area contributed by atoms with Gasteiger partial charge in [-0.1, -0.05) is 186 Å². The molecule has 1 N–H and O–H groups in total. The van der Waals surface area contributed by atoms with Crippen LogP contribution in [0.25, 0.3) is 0 Å². The molecule has 0 aliphatic rings. The SMILES string of the molecule is CCCCCCC/C=C\C/C=C\CCCCCCCCCCCCCCOCC(COP(=O)(O)OCC[N+](C)(C)C)OC(=O)CCCCCCCCCCCC. The lowest BCUT2D eigenvalue weighted by atomic mass is 10.0. The molecule has 0 amide bonds. The Morgan fingerprint density at radius 3 is 1.45 bits per heavy atom. The molecule has 0 saturated carbocycles. The van der Waals surface area contributed by atoms with Crippen molar-refractivity contribution in [2.75, 3.05) is 54.1 Å². The highest BCUT2D eigenvalue weighted by Crippen LogP contribution is 2.43. The monoisotopic (exact) mass is 815 g/mol. The van der Waals surface area contributed by atoms with E-state index < -0.39 is 13.9 Å². The van der Waals surface area contributed by atoms with Crippen LogP contribution in [0.15, 0.2) is 24.3 Å². The molecule has 2 unspecified atom stereocenters. The molecular weight excluding hydrogens is 721 g/mol. The number of carbonyl (C=O) groups excluding carboxylic acids is 1. The molecule has 56 heavy (non-hydrogen) atoms. The van der Waals surface area contributed by atoms with E-state index in [4.69, 9.17) is 18.5 Å². The molecule has 0 saturated heterocycles. The fraction of sp³-hybridized carbons (Fsp3) is 0.894. The second kappa shape index (κ2) is 40.7. The Labute approximate surface area is 347 Å². The number of esters is 1. The molecule has 0 aliphatic carbocycles. The topological polar surface area (TPSA) is 91.3 Å². The van der Waals surface area contributed by atoms with Crippen LogP contribution in [0.2, 0.25) is 0 Å². The quantitative estimate of drug-likeness (QED) is 0.0215. The summed E-state index contributed by atoms with van der Waals surface area (Å²) in [5.41, 5.74) is 0. The Balaban J connectivity index is 4.04. The first-order valence-corrected chi connectivity index (χ1v) is 25.1. The van der Waals surface area contributed by atoms with Gasteiger partial charge >= 0.3 is 13.8 Å². The lowest BCUT2D eigenvalue weighted by molar-refractivity contribution is -0.870. The second-order valence-corrected chi connectivity index (χ2v) is 18.6. The van der Waals surface area contributed by atoms with Crippen LogP contribution in [0.1, 0.15) is 213 Å². The van der Waals surface area contributed by atoms with Crippen molar-refractivity contribution in [3.05, 3.63) is 24.3 Å². The van der Waals surface area contributed by atoms with E-state index in [1.165, 1.54) is 154 Å². The Bertz CT molecular complexity index is 951. The number of likely N-dealkylation sites (N-methyl/N-ethyl adjacent to an activating group) is 1. The van der Waals surface area contributed by atoms with Crippen LogP contribution in [0.5, 0.6) is 0 Å². The molecular formula is C47H93NO7P+. The Morgan fingerprint density at radius 2 is 0.982 bits per heavy atom. The minimum atomic E-state index is -4.27. The Morgan fingerprint density at radius 1 is 0.554 bits per heavy atom. The van der Waals surface area contributed by atoms with Crippen molar-refractivity contribution in [1.29, 1.82) is 0 Å². The molecule has 0 bridgehead atoms. The largest absolute Gasteiger partial charge is 0.472 e. The first-order chi connectivity index (χ1) is 27.1. The highest BCUT2D eigenvalue weighted by molar-refractivity contribution is 7.47. The molecule has 0 radical (unpaired) electrons. The van der Waals surface area contributed by atoms with Crippen molar-refractivity contribution in [1.82, 2.24) is 0 Å². The fourth-order valence-electron chi connectivity index (χ4n) is 6.58. The van der Waals surface area contributed by atoms with Crippen molar-refractivity contribution < 1.29 is 37.3 Å². The van der Waals surface area contributed by atoms with E-state index in [0.29, 0.717) is 24.1 Å². The first-order valence-electron chi connectivity index (χ1n) is 23.6. The van der Waals surface area contributed by atoms with Crippen LogP contribution in [0, 0.1) is 0 Å². The molecule has 8 nitrogen and oxygen atoms in total. The normalized spacial score (nSPS) is 13.9. The van der Waals surface area contributed by atoms with Crippen molar-refractivity contribution in [2.24, 2.45) is 0 Å². The van der Waals surface area contributed by atoms with E-state index in [-0.39, 0.29) is 25.8 Å². The zero-order valence-electron chi connectivity index (χ0n) is 37.6. The molecule has 2 atom stereocenters. The maximum atomic E-state index is 12.6. The van der Waals surface area contributed by atoms with Gasteiger partial charge in [0.25, 0.3) is 0 Å². The Kier molecular flexibility index (Phi) is 40.0. The Hall–Kier alpha value is -1.02. The average molecular weight is 815 g/mol. The summed E-state index contributed by atoms with van der Waals surface area (Å²) in [5.74, 6) is -0.314. The predicted molar refractivity (Wildman–Crippen MR) is 238 cm³/mol. The number of carbonyl (C=O) groups is 1. The molecule has 0 aromatic carbocycles. The van der Waals surface area contributed by atoms with Gasteiger partial charge in [-0.3, -0.25) is 13.8 Å². The van der Waals surface area contributed by atoms with E-state index in [1.54, 1.807) is 0 Å². The maximum Gasteiger partial charge on any atom is 0.472 e. The lowest BCUT2D eigenvalue weighted by Gasteiger charge is -2.24. The molecule has 9 heteroatoms. The van der Waals surface area contributed by atoms with E-state index >= 15 is 0 Å². The van der Waals surface area contributed by atoms with Gasteiger partial charge in [0.2, 0.25) is 0 Å². The zero-order valence-corrected chi connectivity index (χ0v) is 38.5. The van der Waals surface area contributed by atoms with Crippen LogP contribution >= 0.6 is 7.82 Å². The highest BCUT2D eigenvalue weighted by Gasteiger charge is 2.26. The third-order valence-corrected chi connectivity index (χ3v) is 11.2. The number of ether oxygens (including phenoxy) is 2. The van der Waals surface area contributed by atoms with Gasteiger partial charge in [-0.05, 0) is 44.9 Å². The third-order valence-electron chi connectivity index (χ3n) is 10.3. The average Bonchev–Trinajstić information content (AvgIpc) is 3.15. The zero-order chi connectivity index (χ0) is 41.3. The summed E-state index contributed by atoms with van der Waals surface area (Å²) >= 11 is 0. The summed E-state index contributed by atoms with van der Waals surface area (Å²) < 4.78 is 35.0. The van der Waals surface area contributed by atoms with E-state index in [1.807, 2.05) is 21.1 Å². The van der Waals surface area contributed by atoms with Crippen molar-refractivity contribution in [3.8, 4) is 0 Å². The number of phosphoric acid groups is 1. The fourth-order valence-corrected chi connectivity index (χ4v) is 7.33. The number of phosphoric ester groups is 1. The molecule has 0 aliphatic heterocycles. The number of rotatable bonds is 44. The van der Waals surface area contributed by atoms with Gasteiger partial charge in [-0.15, -0.1) is 0 Å². The molecule has 0 aromatic rings. The number of quaternary nitrogens is 1. The molecule has 332 valence electrons. The summed E-state index contributed by atoms with van der Waals surface area (Å²) in [6, 6.07) is 0. The summed E-state index contributed by atoms with van der Waals surface area (Å²) in [6.45, 7) is 5.62. The molecule has 0 fully saturated rings. The first kappa shape index (κ1) is 55.0. The van der Waals surface area contributed by atoms with Crippen LogP contribution in [-0.4, -0.2) is 75.6 Å². The highest BCUT2D eigenvalue weighted by atomic mass is 31.2. The van der Waals surface area contributed by atoms with Gasteiger partial charge in [0, 0.05) is 13.0 Å². The van der Waals surface area contributed by atoms with Gasteiger partial charge in [0.1, 0.15) is 19.3 Å². The van der Waals surface area contributed by atoms with E-state index in [0.717, 1.165) is 38.5 Å². The van der Waals surface area contributed by atoms with Crippen LogP contribution in [-0.2, 0) is 27.9 Å². The number of unbranched alkanes of at least 4 members (excludes halogenated alkanes) is 26. The van der Waals surface area contributed by atoms with Crippen molar-refractivity contribution in [3.63, 3.8) is 0 Å². The smallest absolute Gasteiger partial charge is 0.457 e. The standard InChI is InChI=1S/C47H92NO7P/c1-6-8-10-12-14-16-18-19-20-21-22-23-24-25-26-27-28-29-30-31-33-35-37-39-42-52-44-46(45-54-56(50,51)53-43-41-48(3,4)5)55-47(49)40-38-36-34-32-17-15-13-11-9-7-2/h18-19,21-22,46H,6-17,20,23-45H2,1-5H3/p+1/b19-18-,22-21-. The van der Waals surface area contributed by atoms with E-state index in [2.05, 4.69) is 38.2 Å². The van der Waals surface area contributed by atoms with Gasteiger partial charge in [-0.2, -0.15) is 0 Å². The predicted octanol–water partition coefficient (Wildman–Crippen LogP) is 14.0. The second-order valence-electron chi connectivity index (χ2n) is 17.1. The minimum Gasteiger partial charge on any atom is -0.457 e. The molecule has 0 heterocycles. The molecule has 0 aromatic heterocycles. The van der Waals surface area contributed by atoms with Crippen LogP contribution < -0.4 is 0 Å². The van der Waals surface area contributed by atoms with Crippen LogP contribution in [0.3, 0.4) is 0 Å². The van der Waals surface area contributed by atoms with Crippen molar-refractivity contribution in [2.45, 2.75) is 219 Å². The van der Waals surface area contributed by atoms with Crippen molar-refractivity contribution >= 4 is 13.8 Å². The number of hydrogen-bond donors (Lipinski definition) is 1. The minimum absolute atomic E-state index is 0.0905. The maximum absolute atomic E-state index is 12.6. The molecule has 0 spiro atoms. The summed E-state index contributed by atoms with van der Waals surface area (Å²) in [7, 11) is 1.67. The van der Waals surface area contributed by atoms with E-state index in [9.17, 15) is 14.3 Å². The van der Waals surface area contributed by atoms with Gasteiger partial charge < -0.3 is 18.9 Å². The molecule has 0 rings (SSSR count). The van der Waals surface area contributed by atoms with Gasteiger partial charge in [0.05, 0.1) is 34.4 Å². The summed E-state index contributed by atoms with van der Waals surface area (Å²) in [4.78, 5) is 22.8. The van der Waals surface area contributed by atoms with Gasteiger partial charge in [-0.25, -0.2) is 4.57 Å². The number of hydrogen-bond acceptors (Lipinski definition) is 6. The third kappa shape index (κ3) is 44.1. The number of allylic oxidation sites excluding steroid dienone is 4. The summed E-state index contributed by atoms with van der Waals surface area (Å²) in [6.07, 6.45) is 46.5. The lowest BCUT2D eigenvalue weighted by Crippen LogP contribution is -2.37. The summed E-state index contributed by atoms with van der Waals surface area (Å²) in [5, 5.41) is 0. The van der Waals surface area contributed by atoms with Gasteiger partial charge in [0.15, 0.2) is 0 Å².